The topological polar surface area (TPSA) is 130 Å². The smallest absolute Gasteiger partial charge is 0.320 e. The molecule has 0 unspecified atom stereocenters. The van der Waals surface area contributed by atoms with Crippen LogP contribution in [0.5, 0.6) is 0 Å². The standard InChI is InChI=1S/C10H12N6O3S/c17-10(15-6-1-2-20(18,19)3-6)16-9-7-8(12-4-11-7)13-5-14-9/h4-6H,1-3H2,(H3,11,12,13,14,15,16,17)/t6-/m0/s1. The molecule has 1 aliphatic heterocycles. The molecule has 1 saturated heterocycles. The summed E-state index contributed by atoms with van der Waals surface area (Å²) in [6, 6.07) is -0.860. The molecule has 0 spiro atoms. The number of aromatic nitrogens is 4. The first-order chi connectivity index (χ1) is 9.53. The lowest BCUT2D eigenvalue weighted by Crippen LogP contribution is -2.38. The van der Waals surface area contributed by atoms with Gasteiger partial charge >= 0.3 is 6.03 Å². The van der Waals surface area contributed by atoms with Gasteiger partial charge in [-0.15, -0.1) is 0 Å². The molecule has 0 radical (unpaired) electrons. The molecule has 9 nitrogen and oxygen atoms in total. The van der Waals surface area contributed by atoms with E-state index in [0.717, 1.165) is 0 Å². The van der Waals surface area contributed by atoms with Crippen molar-refractivity contribution in [3.8, 4) is 0 Å². The van der Waals surface area contributed by atoms with Gasteiger partial charge in [0.15, 0.2) is 21.3 Å². The maximum Gasteiger partial charge on any atom is 0.320 e. The van der Waals surface area contributed by atoms with Crippen molar-refractivity contribution in [3.63, 3.8) is 0 Å². The number of H-pyrrole nitrogens is 1. The monoisotopic (exact) mass is 296 g/mol. The van der Waals surface area contributed by atoms with Gasteiger partial charge in [0.05, 0.1) is 17.8 Å². The summed E-state index contributed by atoms with van der Waals surface area (Å²) in [5, 5.41) is 5.17. The van der Waals surface area contributed by atoms with Crippen LogP contribution in [0.25, 0.3) is 11.2 Å². The van der Waals surface area contributed by atoms with E-state index in [1.807, 2.05) is 0 Å². The fourth-order valence-corrected chi connectivity index (χ4v) is 3.77. The number of aromatic amines is 1. The van der Waals surface area contributed by atoms with Crippen LogP contribution in [0.3, 0.4) is 0 Å². The largest absolute Gasteiger partial charge is 0.340 e. The minimum absolute atomic E-state index is 0.0241. The van der Waals surface area contributed by atoms with Gasteiger partial charge < -0.3 is 10.3 Å². The number of nitrogens with zero attached hydrogens (tertiary/aromatic N) is 3. The van der Waals surface area contributed by atoms with Gasteiger partial charge in [-0.2, -0.15) is 0 Å². The quantitative estimate of drug-likeness (QED) is 0.695. The zero-order valence-electron chi connectivity index (χ0n) is 10.3. The number of anilines is 1. The predicted octanol–water partition coefficient (Wildman–Crippen LogP) is -0.339. The van der Waals surface area contributed by atoms with Gasteiger partial charge in [-0.05, 0) is 6.42 Å². The van der Waals surface area contributed by atoms with Crippen molar-refractivity contribution in [1.29, 1.82) is 0 Å². The summed E-state index contributed by atoms with van der Waals surface area (Å²) in [5.74, 6) is 0.380. The number of sulfone groups is 1. The molecule has 1 atom stereocenters. The second kappa shape index (κ2) is 4.71. The lowest BCUT2D eigenvalue weighted by Gasteiger charge is -2.11. The van der Waals surface area contributed by atoms with Gasteiger partial charge in [-0.3, -0.25) is 5.32 Å². The van der Waals surface area contributed by atoms with Crippen molar-refractivity contribution in [1.82, 2.24) is 25.3 Å². The summed E-state index contributed by atoms with van der Waals surface area (Å²) in [5.41, 5.74) is 0.959. The molecule has 2 amide bonds. The van der Waals surface area contributed by atoms with Gasteiger partial charge in [-0.25, -0.2) is 28.2 Å². The molecular weight excluding hydrogens is 284 g/mol. The number of hydrogen-bond donors (Lipinski definition) is 3. The van der Waals surface area contributed by atoms with Crippen molar-refractivity contribution in [2.45, 2.75) is 12.5 Å². The lowest BCUT2D eigenvalue weighted by atomic mass is 10.3. The lowest BCUT2D eigenvalue weighted by molar-refractivity contribution is 0.249. The molecule has 2 aromatic heterocycles. The number of nitrogens with one attached hydrogen (secondary N) is 3. The van der Waals surface area contributed by atoms with E-state index >= 15 is 0 Å². The van der Waals surface area contributed by atoms with E-state index in [1.54, 1.807) is 0 Å². The van der Waals surface area contributed by atoms with Crippen molar-refractivity contribution in [2.24, 2.45) is 0 Å². The van der Waals surface area contributed by atoms with Crippen molar-refractivity contribution >= 4 is 32.9 Å². The Kier molecular flexibility index (Phi) is 3.01. The average molecular weight is 296 g/mol. The Labute approximate surface area is 114 Å². The molecule has 3 heterocycles. The van der Waals surface area contributed by atoms with E-state index in [2.05, 4.69) is 30.6 Å². The van der Waals surface area contributed by atoms with E-state index in [0.29, 0.717) is 23.4 Å². The normalized spacial score (nSPS) is 20.9. The van der Waals surface area contributed by atoms with Crippen LogP contribution in [-0.4, -0.2) is 51.9 Å². The second-order valence-corrected chi connectivity index (χ2v) is 6.75. The van der Waals surface area contributed by atoms with Gasteiger partial charge in [0.1, 0.15) is 11.8 Å². The number of urea groups is 1. The van der Waals surface area contributed by atoms with E-state index < -0.39 is 15.9 Å². The number of rotatable bonds is 2. The van der Waals surface area contributed by atoms with Crippen LogP contribution in [0, 0.1) is 0 Å². The third-order valence-corrected chi connectivity index (χ3v) is 4.79. The Bertz CT molecular complexity index is 755. The zero-order valence-corrected chi connectivity index (χ0v) is 11.1. The summed E-state index contributed by atoms with van der Waals surface area (Å²) < 4.78 is 22.6. The summed E-state index contributed by atoms with van der Waals surface area (Å²) >= 11 is 0. The van der Waals surface area contributed by atoms with Gasteiger partial charge in [-0.1, -0.05) is 0 Å². The van der Waals surface area contributed by atoms with E-state index in [9.17, 15) is 13.2 Å². The highest BCUT2D eigenvalue weighted by Crippen LogP contribution is 2.15. The molecule has 2 aromatic rings. The highest BCUT2D eigenvalue weighted by Gasteiger charge is 2.29. The summed E-state index contributed by atoms with van der Waals surface area (Å²) in [4.78, 5) is 26.5. The van der Waals surface area contributed by atoms with Crippen LogP contribution in [0.15, 0.2) is 12.7 Å². The van der Waals surface area contributed by atoms with Crippen LogP contribution in [0.1, 0.15) is 6.42 Å². The molecule has 0 aromatic carbocycles. The molecule has 106 valence electrons. The summed E-state index contributed by atoms with van der Waals surface area (Å²) in [6.07, 6.45) is 3.17. The average Bonchev–Trinajstić information content (AvgIpc) is 2.96. The maximum absolute atomic E-state index is 11.8. The molecule has 0 saturated carbocycles. The first kappa shape index (κ1) is 12.8. The number of carbonyl (C=O) groups excluding carboxylic acids is 1. The second-order valence-electron chi connectivity index (χ2n) is 4.52. The number of imidazole rings is 1. The summed E-state index contributed by atoms with van der Waals surface area (Å²) in [7, 11) is -3.02. The van der Waals surface area contributed by atoms with Crippen LogP contribution >= 0.6 is 0 Å². The van der Waals surface area contributed by atoms with Gasteiger partial charge in [0, 0.05) is 6.04 Å². The maximum atomic E-state index is 11.8. The molecule has 10 heteroatoms. The third kappa shape index (κ3) is 2.54. The highest BCUT2D eigenvalue weighted by molar-refractivity contribution is 7.91. The Hall–Kier alpha value is -2.23. The number of fused-ring (bicyclic) bond motifs is 1. The van der Waals surface area contributed by atoms with Gasteiger partial charge in [0.2, 0.25) is 0 Å². The fraction of sp³-hybridized carbons (Fsp3) is 0.400. The van der Waals surface area contributed by atoms with E-state index in [1.165, 1.54) is 12.7 Å². The Morgan fingerprint density at radius 2 is 2.20 bits per heavy atom. The first-order valence-corrected chi connectivity index (χ1v) is 7.78. The van der Waals surface area contributed by atoms with Crippen molar-refractivity contribution < 1.29 is 13.2 Å². The van der Waals surface area contributed by atoms with E-state index in [-0.39, 0.29) is 17.5 Å². The number of carbonyl (C=O) groups is 1. The van der Waals surface area contributed by atoms with Crippen LogP contribution in [-0.2, 0) is 9.84 Å². The van der Waals surface area contributed by atoms with Gasteiger partial charge in [0.25, 0.3) is 0 Å². The molecule has 1 fully saturated rings. The summed E-state index contributed by atoms with van der Waals surface area (Å²) in [6.45, 7) is 0. The minimum Gasteiger partial charge on any atom is -0.340 e. The molecule has 1 aliphatic rings. The number of amides is 2. The Morgan fingerprint density at radius 3 is 2.95 bits per heavy atom. The van der Waals surface area contributed by atoms with Crippen LogP contribution in [0.4, 0.5) is 10.6 Å². The SMILES string of the molecule is O=C(Nc1ncnc2nc[nH]c12)N[C@H]1CCS(=O)(=O)C1. The first-order valence-electron chi connectivity index (χ1n) is 5.95. The molecule has 20 heavy (non-hydrogen) atoms. The van der Waals surface area contributed by atoms with Crippen LogP contribution in [0.2, 0.25) is 0 Å². The Balaban J connectivity index is 1.69. The molecular formula is C10H12N6O3S. The van der Waals surface area contributed by atoms with Crippen molar-refractivity contribution in [3.05, 3.63) is 12.7 Å². The zero-order chi connectivity index (χ0) is 14.2. The molecule has 0 bridgehead atoms. The fourth-order valence-electron chi connectivity index (χ4n) is 2.10. The third-order valence-electron chi connectivity index (χ3n) is 3.02. The number of hydrogen-bond acceptors (Lipinski definition) is 6. The highest BCUT2D eigenvalue weighted by atomic mass is 32.2. The Morgan fingerprint density at radius 1 is 1.35 bits per heavy atom. The van der Waals surface area contributed by atoms with E-state index in [4.69, 9.17) is 0 Å². The minimum atomic E-state index is -3.02. The molecule has 3 N–H and O–H groups in total. The van der Waals surface area contributed by atoms with Crippen molar-refractivity contribution in [2.75, 3.05) is 16.8 Å². The molecule has 3 rings (SSSR count). The predicted molar refractivity (Wildman–Crippen MR) is 70.9 cm³/mol. The molecule has 0 aliphatic carbocycles. The van der Waals surface area contributed by atoms with Crippen LogP contribution < -0.4 is 10.6 Å².